The Morgan fingerprint density at radius 1 is 1.13 bits per heavy atom. The first-order chi connectivity index (χ1) is 11.1. The van der Waals surface area contributed by atoms with E-state index in [1.807, 2.05) is 6.07 Å². The second-order valence-electron chi connectivity index (χ2n) is 7.09. The standard InChI is InChI=1S/C20H28N2O/c1-17(2)22-16-8-13-20(19(22)23)12-7-15-21(20)14-6-11-18-9-4-3-5-10-18/h3-6,9-11,17H,7-8,12-16H2,1-2H3/b11-6+. The van der Waals surface area contributed by atoms with E-state index in [9.17, 15) is 4.79 Å². The highest BCUT2D eigenvalue weighted by Gasteiger charge is 2.50. The van der Waals surface area contributed by atoms with Gasteiger partial charge in [-0.3, -0.25) is 9.69 Å². The van der Waals surface area contributed by atoms with Crippen molar-refractivity contribution in [3.63, 3.8) is 0 Å². The second-order valence-corrected chi connectivity index (χ2v) is 7.09. The number of hydrogen-bond donors (Lipinski definition) is 0. The Labute approximate surface area is 140 Å². The van der Waals surface area contributed by atoms with Crippen molar-refractivity contribution in [1.82, 2.24) is 9.80 Å². The van der Waals surface area contributed by atoms with Gasteiger partial charge >= 0.3 is 0 Å². The molecule has 3 heteroatoms. The number of carbonyl (C=O) groups excluding carboxylic acids is 1. The quantitative estimate of drug-likeness (QED) is 0.848. The number of hydrogen-bond acceptors (Lipinski definition) is 2. The van der Waals surface area contributed by atoms with Gasteiger partial charge in [-0.15, -0.1) is 0 Å². The fourth-order valence-corrected chi connectivity index (χ4v) is 4.12. The van der Waals surface area contributed by atoms with Crippen LogP contribution in [0.5, 0.6) is 0 Å². The molecule has 1 unspecified atom stereocenters. The highest BCUT2D eigenvalue weighted by Crippen LogP contribution is 2.38. The van der Waals surface area contributed by atoms with Gasteiger partial charge in [-0.1, -0.05) is 42.5 Å². The summed E-state index contributed by atoms with van der Waals surface area (Å²) >= 11 is 0. The lowest BCUT2D eigenvalue weighted by molar-refractivity contribution is -0.149. The monoisotopic (exact) mass is 312 g/mol. The highest BCUT2D eigenvalue weighted by molar-refractivity contribution is 5.87. The van der Waals surface area contributed by atoms with E-state index < -0.39 is 0 Å². The van der Waals surface area contributed by atoms with Gasteiger partial charge in [-0.05, 0) is 51.6 Å². The zero-order valence-electron chi connectivity index (χ0n) is 14.4. The Balaban J connectivity index is 1.72. The lowest BCUT2D eigenvalue weighted by atomic mass is 9.84. The second kappa shape index (κ2) is 6.88. The van der Waals surface area contributed by atoms with E-state index in [4.69, 9.17) is 0 Å². The van der Waals surface area contributed by atoms with Gasteiger partial charge in [0.2, 0.25) is 5.91 Å². The van der Waals surface area contributed by atoms with Gasteiger partial charge in [0.25, 0.3) is 0 Å². The van der Waals surface area contributed by atoms with Crippen molar-refractivity contribution in [3.8, 4) is 0 Å². The molecule has 1 aromatic rings. The maximum absolute atomic E-state index is 13.1. The molecule has 3 nitrogen and oxygen atoms in total. The molecule has 0 aromatic heterocycles. The number of likely N-dealkylation sites (tertiary alicyclic amines) is 2. The molecular weight excluding hydrogens is 284 g/mol. The van der Waals surface area contributed by atoms with Crippen molar-refractivity contribution in [2.75, 3.05) is 19.6 Å². The summed E-state index contributed by atoms with van der Waals surface area (Å²) in [5.74, 6) is 0.365. The van der Waals surface area contributed by atoms with Crippen LogP contribution in [-0.2, 0) is 4.79 Å². The van der Waals surface area contributed by atoms with Gasteiger partial charge in [-0.2, -0.15) is 0 Å². The first-order valence-corrected chi connectivity index (χ1v) is 8.91. The van der Waals surface area contributed by atoms with Crippen molar-refractivity contribution in [2.24, 2.45) is 0 Å². The minimum absolute atomic E-state index is 0.233. The van der Waals surface area contributed by atoms with Crippen LogP contribution in [0.2, 0.25) is 0 Å². The van der Waals surface area contributed by atoms with E-state index in [0.717, 1.165) is 45.3 Å². The summed E-state index contributed by atoms with van der Waals surface area (Å²) in [6, 6.07) is 10.7. The smallest absolute Gasteiger partial charge is 0.243 e. The Hall–Kier alpha value is -1.61. The predicted molar refractivity (Wildman–Crippen MR) is 95.1 cm³/mol. The van der Waals surface area contributed by atoms with Gasteiger partial charge in [0.05, 0.1) is 0 Å². The van der Waals surface area contributed by atoms with Crippen LogP contribution >= 0.6 is 0 Å². The summed E-state index contributed by atoms with van der Waals surface area (Å²) < 4.78 is 0. The predicted octanol–water partition coefficient (Wildman–Crippen LogP) is 3.57. The fourth-order valence-electron chi connectivity index (χ4n) is 4.12. The van der Waals surface area contributed by atoms with Gasteiger partial charge < -0.3 is 4.90 Å². The molecule has 1 atom stereocenters. The molecule has 2 aliphatic heterocycles. The van der Waals surface area contributed by atoms with E-state index in [1.165, 1.54) is 5.56 Å². The van der Waals surface area contributed by atoms with Crippen molar-refractivity contribution in [2.45, 2.75) is 51.1 Å². The third-order valence-corrected chi connectivity index (χ3v) is 5.33. The molecule has 1 aromatic carbocycles. The van der Waals surface area contributed by atoms with E-state index >= 15 is 0 Å². The molecule has 2 saturated heterocycles. The zero-order valence-corrected chi connectivity index (χ0v) is 14.4. The lowest BCUT2D eigenvalue weighted by Crippen LogP contribution is -2.61. The van der Waals surface area contributed by atoms with Crippen LogP contribution in [-0.4, -0.2) is 46.9 Å². The van der Waals surface area contributed by atoms with Crippen LogP contribution in [0, 0.1) is 0 Å². The van der Waals surface area contributed by atoms with E-state index in [-0.39, 0.29) is 5.54 Å². The van der Waals surface area contributed by atoms with Crippen molar-refractivity contribution in [1.29, 1.82) is 0 Å². The van der Waals surface area contributed by atoms with Crippen LogP contribution in [0.25, 0.3) is 6.08 Å². The molecule has 124 valence electrons. The number of carbonyl (C=O) groups is 1. The maximum Gasteiger partial charge on any atom is 0.243 e. The molecule has 0 bridgehead atoms. The summed E-state index contributed by atoms with van der Waals surface area (Å²) in [6.07, 6.45) is 8.69. The summed E-state index contributed by atoms with van der Waals surface area (Å²) in [7, 11) is 0. The zero-order chi connectivity index (χ0) is 16.3. The van der Waals surface area contributed by atoms with Crippen molar-refractivity contribution in [3.05, 3.63) is 42.0 Å². The SMILES string of the molecule is CC(C)N1CCCC2(CCCN2C/C=C/c2ccccc2)C1=O. The van der Waals surface area contributed by atoms with Gasteiger partial charge in [-0.25, -0.2) is 0 Å². The number of benzene rings is 1. The number of amides is 1. The maximum atomic E-state index is 13.1. The molecule has 0 N–H and O–H groups in total. The van der Waals surface area contributed by atoms with Gasteiger partial charge in [0.15, 0.2) is 0 Å². The van der Waals surface area contributed by atoms with Gasteiger partial charge in [0.1, 0.15) is 5.54 Å². The summed E-state index contributed by atoms with van der Waals surface area (Å²) in [6.45, 7) is 7.09. The third kappa shape index (κ3) is 3.20. The largest absolute Gasteiger partial charge is 0.339 e. The molecule has 2 fully saturated rings. The van der Waals surface area contributed by atoms with E-state index in [2.05, 4.69) is 60.1 Å². The average Bonchev–Trinajstić information content (AvgIpc) is 2.95. The molecule has 23 heavy (non-hydrogen) atoms. The van der Waals surface area contributed by atoms with Crippen molar-refractivity contribution >= 4 is 12.0 Å². The Morgan fingerprint density at radius 3 is 2.52 bits per heavy atom. The highest BCUT2D eigenvalue weighted by atomic mass is 16.2. The normalized spacial score (nSPS) is 26.0. The van der Waals surface area contributed by atoms with E-state index in [0.29, 0.717) is 11.9 Å². The topological polar surface area (TPSA) is 23.6 Å². The van der Waals surface area contributed by atoms with Crippen LogP contribution in [0.1, 0.15) is 45.1 Å². The molecular formula is C20H28N2O. The Bertz CT molecular complexity index is 566. The van der Waals surface area contributed by atoms with Crippen molar-refractivity contribution < 1.29 is 4.79 Å². The minimum Gasteiger partial charge on any atom is -0.339 e. The summed E-state index contributed by atoms with van der Waals surface area (Å²) in [4.78, 5) is 17.6. The van der Waals surface area contributed by atoms with Gasteiger partial charge in [0, 0.05) is 19.1 Å². The third-order valence-electron chi connectivity index (χ3n) is 5.33. The molecule has 0 aliphatic carbocycles. The molecule has 0 radical (unpaired) electrons. The molecule has 2 heterocycles. The number of piperidine rings is 1. The Morgan fingerprint density at radius 2 is 1.83 bits per heavy atom. The van der Waals surface area contributed by atoms with Crippen LogP contribution in [0.15, 0.2) is 36.4 Å². The molecule has 1 spiro atoms. The average molecular weight is 312 g/mol. The molecule has 2 aliphatic rings. The first-order valence-electron chi connectivity index (χ1n) is 8.91. The molecule has 0 saturated carbocycles. The van der Waals surface area contributed by atoms with E-state index in [1.54, 1.807) is 0 Å². The minimum atomic E-state index is -0.233. The lowest BCUT2D eigenvalue weighted by Gasteiger charge is -2.45. The fraction of sp³-hybridized carbons (Fsp3) is 0.550. The summed E-state index contributed by atoms with van der Waals surface area (Å²) in [5, 5.41) is 0. The van der Waals surface area contributed by atoms with Crippen LogP contribution in [0.3, 0.4) is 0 Å². The first kappa shape index (κ1) is 16.3. The molecule has 3 rings (SSSR count). The number of rotatable bonds is 4. The Kier molecular flexibility index (Phi) is 4.86. The van der Waals surface area contributed by atoms with Crippen LogP contribution in [0.4, 0.5) is 0 Å². The molecule has 1 amide bonds. The number of nitrogens with zero attached hydrogens (tertiary/aromatic N) is 2. The van der Waals surface area contributed by atoms with Crippen LogP contribution < -0.4 is 0 Å². The summed E-state index contributed by atoms with van der Waals surface area (Å²) in [5.41, 5.74) is 0.989.